The number of hydrogen-bond acceptors (Lipinski definition) is 5. The molecule has 1 unspecified atom stereocenters. The Bertz CT molecular complexity index is 616. The summed E-state index contributed by atoms with van der Waals surface area (Å²) in [5.74, 6) is 0.947. The average molecular weight is 269 g/mol. The lowest BCUT2D eigenvalue weighted by Gasteiger charge is -2.15. The third kappa shape index (κ3) is 2.49. The van der Waals surface area contributed by atoms with Crippen molar-refractivity contribution in [2.45, 2.75) is 19.3 Å². The van der Waals surface area contributed by atoms with Crippen molar-refractivity contribution in [3.05, 3.63) is 48.1 Å². The summed E-state index contributed by atoms with van der Waals surface area (Å²) in [6.07, 6.45) is 7.24. The van der Waals surface area contributed by atoms with Gasteiger partial charge < -0.3 is 4.90 Å². The second kappa shape index (κ2) is 5.32. The van der Waals surface area contributed by atoms with Crippen LogP contribution in [0.5, 0.6) is 0 Å². The highest BCUT2D eigenvalue weighted by Crippen LogP contribution is 2.25. The van der Waals surface area contributed by atoms with Gasteiger partial charge in [-0.1, -0.05) is 0 Å². The van der Waals surface area contributed by atoms with Gasteiger partial charge in [0.1, 0.15) is 11.5 Å². The second-order valence-electron chi connectivity index (χ2n) is 4.88. The molecule has 3 heterocycles. The molecule has 0 radical (unpaired) electrons. The van der Waals surface area contributed by atoms with E-state index < -0.39 is 0 Å². The van der Waals surface area contributed by atoms with Gasteiger partial charge in [0.25, 0.3) is 5.91 Å². The molecular weight excluding hydrogens is 254 g/mol. The number of likely N-dealkylation sites (tertiary alicyclic amines) is 1. The number of rotatable bonds is 2. The number of carbonyl (C=O) groups excluding carboxylic acids is 1. The van der Waals surface area contributed by atoms with Gasteiger partial charge in [0.15, 0.2) is 0 Å². The van der Waals surface area contributed by atoms with E-state index in [9.17, 15) is 4.79 Å². The molecule has 1 saturated heterocycles. The van der Waals surface area contributed by atoms with Crippen molar-refractivity contribution in [3.8, 4) is 0 Å². The first-order valence-electron chi connectivity index (χ1n) is 6.59. The summed E-state index contributed by atoms with van der Waals surface area (Å²) in [5, 5.41) is 0. The summed E-state index contributed by atoms with van der Waals surface area (Å²) < 4.78 is 0. The topological polar surface area (TPSA) is 71.9 Å². The molecule has 102 valence electrons. The first kappa shape index (κ1) is 12.7. The highest BCUT2D eigenvalue weighted by atomic mass is 16.2. The molecule has 0 aromatic carbocycles. The fourth-order valence-corrected chi connectivity index (χ4v) is 2.39. The fraction of sp³-hybridized carbons (Fsp3) is 0.357. The highest BCUT2D eigenvalue weighted by Gasteiger charge is 2.30. The second-order valence-corrected chi connectivity index (χ2v) is 4.88. The van der Waals surface area contributed by atoms with E-state index in [1.54, 1.807) is 17.3 Å². The summed E-state index contributed by atoms with van der Waals surface area (Å²) >= 11 is 0. The Kier molecular flexibility index (Phi) is 3.37. The lowest BCUT2D eigenvalue weighted by Crippen LogP contribution is -2.29. The van der Waals surface area contributed by atoms with Crippen LogP contribution >= 0.6 is 0 Å². The number of nitrogens with zero attached hydrogens (tertiary/aromatic N) is 5. The standard InChI is InChI=1S/C14H15N5O/c1-10-2-4-17-13(18-10)11-3-7-19(9-11)14(20)12-8-15-5-6-16-12/h2,4-6,8,11H,3,7,9H2,1H3. The smallest absolute Gasteiger partial charge is 0.274 e. The SMILES string of the molecule is Cc1ccnc(C2CCN(C(=O)c3cnccn3)C2)n1. The van der Waals surface area contributed by atoms with Crippen LogP contribution in [-0.4, -0.2) is 43.8 Å². The molecule has 0 bridgehead atoms. The minimum atomic E-state index is -0.0757. The van der Waals surface area contributed by atoms with Gasteiger partial charge in [-0.3, -0.25) is 9.78 Å². The molecule has 3 rings (SSSR count). The van der Waals surface area contributed by atoms with Gasteiger partial charge in [-0.2, -0.15) is 0 Å². The number of aromatic nitrogens is 4. The van der Waals surface area contributed by atoms with Crippen molar-refractivity contribution >= 4 is 5.91 Å². The molecule has 2 aromatic rings. The molecular formula is C14H15N5O. The van der Waals surface area contributed by atoms with Crippen LogP contribution in [0.1, 0.15) is 34.3 Å². The molecule has 1 fully saturated rings. The fourth-order valence-electron chi connectivity index (χ4n) is 2.39. The van der Waals surface area contributed by atoms with Crippen LogP contribution in [0.3, 0.4) is 0 Å². The Morgan fingerprint density at radius 3 is 2.95 bits per heavy atom. The first-order valence-corrected chi connectivity index (χ1v) is 6.59. The molecule has 2 aromatic heterocycles. The van der Waals surface area contributed by atoms with Crippen molar-refractivity contribution < 1.29 is 4.79 Å². The molecule has 6 nitrogen and oxygen atoms in total. The Morgan fingerprint density at radius 2 is 2.20 bits per heavy atom. The maximum atomic E-state index is 12.3. The molecule has 20 heavy (non-hydrogen) atoms. The third-order valence-corrected chi connectivity index (χ3v) is 3.44. The van der Waals surface area contributed by atoms with Crippen molar-refractivity contribution in [2.75, 3.05) is 13.1 Å². The van der Waals surface area contributed by atoms with E-state index >= 15 is 0 Å². The van der Waals surface area contributed by atoms with Crippen LogP contribution in [0.4, 0.5) is 0 Å². The summed E-state index contributed by atoms with van der Waals surface area (Å²) in [6, 6.07) is 1.88. The van der Waals surface area contributed by atoms with Crippen LogP contribution in [0.15, 0.2) is 30.9 Å². The zero-order valence-electron chi connectivity index (χ0n) is 11.2. The Hall–Kier alpha value is -2.37. The quantitative estimate of drug-likeness (QED) is 0.819. The normalized spacial score (nSPS) is 18.2. The average Bonchev–Trinajstić information content (AvgIpc) is 2.97. The van der Waals surface area contributed by atoms with Gasteiger partial charge in [0, 0.05) is 43.3 Å². The largest absolute Gasteiger partial charge is 0.337 e. The summed E-state index contributed by atoms with van der Waals surface area (Å²) in [7, 11) is 0. The van der Waals surface area contributed by atoms with Crippen molar-refractivity contribution in [1.29, 1.82) is 0 Å². The first-order chi connectivity index (χ1) is 9.74. The molecule has 0 N–H and O–H groups in total. The summed E-state index contributed by atoms with van der Waals surface area (Å²) in [5.41, 5.74) is 1.34. The van der Waals surface area contributed by atoms with Crippen molar-refractivity contribution in [1.82, 2.24) is 24.8 Å². The molecule has 0 saturated carbocycles. The number of aryl methyl sites for hydroxylation is 1. The summed E-state index contributed by atoms with van der Waals surface area (Å²) in [6.45, 7) is 3.29. The van der Waals surface area contributed by atoms with E-state index in [-0.39, 0.29) is 11.8 Å². The molecule has 0 aliphatic carbocycles. The number of carbonyl (C=O) groups is 1. The molecule has 1 aliphatic rings. The van der Waals surface area contributed by atoms with Crippen LogP contribution in [0.25, 0.3) is 0 Å². The highest BCUT2D eigenvalue weighted by molar-refractivity contribution is 5.92. The Balaban J connectivity index is 1.72. The maximum absolute atomic E-state index is 12.3. The molecule has 6 heteroatoms. The van der Waals surface area contributed by atoms with E-state index in [1.807, 2.05) is 13.0 Å². The van der Waals surface area contributed by atoms with E-state index in [4.69, 9.17) is 0 Å². The molecule has 1 aliphatic heterocycles. The van der Waals surface area contributed by atoms with Gasteiger partial charge in [0.2, 0.25) is 0 Å². The van der Waals surface area contributed by atoms with Gasteiger partial charge in [-0.15, -0.1) is 0 Å². The Labute approximate surface area is 116 Å². The lowest BCUT2D eigenvalue weighted by molar-refractivity contribution is 0.0784. The zero-order chi connectivity index (χ0) is 13.9. The van der Waals surface area contributed by atoms with E-state index in [0.717, 1.165) is 17.9 Å². The maximum Gasteiger partial charge on any atom is 0.274 e. The molecule has 0 spiro atoms. The van der Waals surface area contributed by atoms with E-state index in [2.05, 4.69) is 19.9 Å². The predicted octanol–water partition coefficient (Wildman–Crippen LogP) is 1.20. The van der Waals surface area contributed by atoms with Gasteiger partial charge in [-0.05, 0) is 19.4 Å². The minimum Gasteiger partial charge on any atom is -0.337 e. The van der Waals surface area contributed by atoms with E-state index in [0.29, 0.717) is 18.8 Å². The van der Waals surface area contributed by atoms with Gasteiger partial charge in [0.05, 0.1) is 6.20 Å². The minimum absolute atomic E-state index is 0.0757. The Morgan fingerprint density at radius 1 is 1.30 bits per heavy atom. The number of hydrogen-bond donors (Lipinski definition) is 0. The molecule has 1 amide bonds. The van der Waals surface area contributed by atoms with Gasteiger partial charge in [-0.25, -0.2) is 15.0 Å². The zero-order valence-corrected chi connectivity index (χ0v) is 11.2. The van der Waals surface area contributed by atoms with Crippen LogP contribution in [0.2, 0.25) is 0 Å². The lowest BCUT2D eigenvalue weighted by atomic mass is 10.1. The van der Waals surface area contributed by atoms with Gasteiger partial charge >= 0.3 is 0 Å². The third-order valence-electron chi connectivity index (χ3n) is 3.44. The molecule has 1 atom stereocenters. The van der Waals surface area contributed by atoms with Crippen molar-refractivity contribution in [2.24, 2.45) is 0 Å². The summed E-state index contributed by atoms with van der Waals surface area (Å²) in [4.78, 5) is 30.8. The monoisotopic (exact) mass is 269 g/mol. The van der Waals surface area contributed by atoms with Crippen molar-refractivity contribution in [3.63, 3.8) is 0 Å². The van der Waals surface area contributed by atoms with Crippen LogP contribution < -0.4 is 0 Å². The predicted molar refractivity (Wildman–Crippen MR) is 72.1 cm³/mol. The van der Waals surface area contributed by atoms with Crippen LogP contribution in [0, 0.1) is 6.92 Å². The number of amides is 1. The van der Waals surface area contributed by atoms with E-state index in [1.165, 1.54) is 12.4 Å². The van der Waals surface area contributed by atoms with Crippen LogP contribution in [-0.2, 0) is 0 Å².